The molecule has 0 aromatic heterocycles. The maximum Gasteiger partial charge on any atom is 0.265 e. The molecular formula is C24H23N3O5S. The summed E-state index contributed by atoms with van der Waals surface area (Å²) in [5, 5.41) is 5.48. The van der Waals surface area contributed by atoms with Crippen molar-refractivity contribution >= 4 is 33.2 Å². The highest BCUT2D eigenvalue weighted by Gasteiger charge is 2.41. The number of anilines is 2. The van der Waals surface area contributed by atoms with Gasteiger partial charge in [0.25, 0.3) is 10.0 Å². The van der Waals surface area contributed by atoms with Gasteiger partial charge in [-0.05, 0) is 42.0 Å². The van der Waals surface area contributed by atoms with E-state index >= 15 is 0 Å². The van der Waals surface area contributed by atoms with Gasteiger partial charge in [-0.2, -0.15) is 0 Å². The quantitative estimate of drug-likeness (QED) is 0.558. The van der Waals surface area contributed by atoms with E-state index in [4.69, 9.17) is 4.74 Å². The van der Waals surface area contributed by atoms with Crippen LogP contribution in [0.1, 0.15) is 12.0 Å². The molecule has 0 saturated carbocycles. The first-order valence-corrected chi connectivity index (χ1v) is 11.7. The van der Waals surface area contributed by atoms with Crippen LogP contribution in [-0.4, -0.2) is 33.4 Å². The van der Waals surface area contributed by atoms with Gasteiger partial charge in [0.05, 0.1) is 29.8 Å². The van der Waals surface area contributed by atoms with Crippen molar-refractivity contribution in [1.82, 2.24) is 5.32 Å². The number of nitrogens with zero attached hydrogens (tertiary/aromatic N) is 1. The highest BCUT2D eigenvalue weighted by molar-refractivity contribution is 7.93. The highest BCUT2D eigenvalue weighted by atomic mass is 32.2. The molecule has 9 heteroatoms. The summed E-state index contributed by atoms with van der Waals surface area (Å²) in [4.78, 5) is 25.6. The molecule has 1 heterocycles. The van der Waals surface area contributed by atoms with E-state index in [0.717, 1.165) is 9.87 Å². The average Bonchev–Trinajstić information content (AvgIpc) is 2.83. The van der Waals surface area contributed by atoms with E-state index in [2.05, 4.69) is 10.6 Å². The fraction of sp³-hybridized carbons (Fsp3) is 0.167. The smallest absolute Gasteiger partial charge is 0.265 e. The molecule has 3 aromatic carbocycles. The lowest BCUT2D eigenvalue weighted by molar-refractivity contribution is -0.125. The Hall–Kier alpha value is -3.85. The Balaban J connectivity index is 1.65. The summed E-state index contributed by atoms with van der Waals surface area (Å²) in [7, 11) is -2.67. The Bertz CT molecular complexity index is 1260. The fourth-order valence-electron chi connectivity index (χ4n) is 3.64. The van der Waals surface area contributed by atoms with Gasteiger partial charge in [-0.15, -0.1) is 0 Å². The van der Waals surface area contributed by atoms with Crippen LogP contribution in [0.2, 0.25) is 0 Å². The fourth-order valence-corrected chi connectivity index (χ4v) is 5.27. The number of methoxy groups -OCH3 is 1. The number of ether oxygens (including phenoxy) is 1. The molecule has 1 atom stereocenters. The molecule has 8 nitrogen and oxygen atoms in total. The number of sulfonamides is 1. The Morgan fingerprint density at radius 2 is 1.67 bits per heavy atom. The second kappa shape index (κ2) is 9.33. The number of fused-ring (bicyclic) bond motifs is 1. The zero-order valence-electron chi connectivity index (χ0n) is 17.9. The lowest BCUT2D eigenvalue weighted by Gasteiger charge is -2.36. The molecular weight excluding hydrogens is 442 g/mol. The lowest BCUT2D eigenvalue weighted by atomic mass is 10.1. The van der Waals surface area contributed by atoms with Crippen LogP contribution in [0, 0.1) is 0 Å². The first kappa shape index (κ1) is 22.3. The van der Waals surface area contributed by atoms with Crippen LogP contribution >= 0.6 is 0 Å². The maximum atomic E-state index is 13.6. The summed E-state index contributed by atoms with van der Waals surface area (Å²) in [6.07, 6.45) is -0.331. The molecule has 0 fully saturated rings. The summed E-state index contributed by atoms with van der Waals surface area (Å²) < 4.78 is 33.4. The third-order valence-electron chi connectivity index (χ3n) is 5.31. The van der Waals surface area contributed by atoms with Crippen molar-refractivity contribution in [2.24, 2.45) is 0 Å². The highest BCUT2D eigenvalue weighted by Crippen LogP contribution is 2.37. The molecule has 1 unspecified atom stereocenters. The Labute approximate surface area is 192 Å². The Morgan fingerprint density at radius 1 is 1.00 bits per heavy atom. The topological polar surface area (TPSA) is 105 Å². The predicted octanol–water partition coefficient (Wildman–Crippen LogP) is 2.92. The van der Waals surface area contributed by atoms with Gasteiger partial charge in [0.2, 0.25) is 11.8 Å². The molecule has 1 aliphatic rings. The normalized spacial score (nSPS) is 15.4. The van der Waals surface area contributed by atoms with Crippen molar-refractivity contribution in [3.05, 3.63) is 84.4 Å². The van der Waals surface area contributed by atoms with E-state index in [0.29, 0.717) is 17.1 Å². The number of hydrogen-bond acceptors (Lipinski definition) is 5. The van der Waals surface area contributed by atoms with Crippen molar-refractivity contribution in [1.29, 1.82) is 0 Å². The first-order valence-electron chi connectivity index (χ1n) is 10.3. The van der Waals surface area contributed by atoms with E-state index in [1.54, 1.807) is 24.3 Å². The van der Waals surface area contributed by atoms with Gasteiger partial charge in [-0.1, -0.05) is 42.5 Å². The summed E-state index contributed by atoms with van der Waals surface area (Å²) in [6.45, 7) is 0.274. The monoisotopic (exact) mass is 465 g/mol. The maximum absolute atomic E-state index is 13.6. The van der Waals surface area contributed by atoms with Crippen molar-refractivity contribution in [3.8, 4) is 5.75 Å². The lowest BCUT2D eigenvalue weighted by Crippen LogP contribution is -2.52. The number of benzene rings is 3. The molecule has 0 bridgehead atoms. The van der Waals surface area contributed by atoms with Crippen molar-refractivity contribution in [2.75, 3.05) is 16.7 Å². The van der Waals surface area contributed by atoms with Crippen LogP contribution in [0.5, 0.6) is 5.75 Å². The second-order valence-corrected chi connectivity index (χ2v) is 9.28. The largest absolute Gasteiger partial charge is 0.497 e. The van der Waals surface area contributed by atoms with Gasteiger partial charge in [0, 0.05) is 6.54 Å². The van der Waals surface area contributed by atoms with Gasteiger partial charge in [-0.25, -0.2) is 8.42 Å². The van der Waals surface area contributed by atoms with Crippen LogP contribution in [0.15, 0.2) is 83.8 Å². The minimum Gasteiger partial charge on any atom is -0.497 e. The third-order valence-corrected chi connectivity index (χ3v) is 7.15. The molecule has 2 amide bonds. The molecule has 0 aliphatic carbocycles. The van der Waals surface area contributed by atoms with E-state index in [1.165, 1.54) is 31.4 Å². The number of carbonyl (C=O) groups is 2. The van der Waals surface area contributed by atoms with Crippen LogP contribution < -0.4 is 19.7 Å². The molecule has 0 spiro atoms. The van der Waals surface area contributed by atoms with Gasteiger partial charge in [0.1, 0.15) is 11.8 Å². The molecule has 0 saturated heterocycles. The Kier molecular flexibility index (Phi) is 6.32. The zero-order valence-corrected chi connectivity index (χ0v) is 18.7. The average molecular weight is 466 g/mol. The first-order chi connectivity index (χ1) is 15.9. The number of carbonyl (C=O) groups excluding carboxylic acids is 2. The van der Waals surface area contributed by atoms with E-state index < -0.39 is 27.9 Å². The molecule has 1 aliphatic heterocycles. The van der Waals surface area contributed by atoms with Crippen LogP contribution in [-0.2, 0) is 26.2 Å². The molecule has 170 valence electrons. The van der Waals surface area contributed by atoms with Crippen LogP contribution in [0.4, 0.5) is 11.4 Å². The number of hydrogen-bond donors (Lipinski definition) is 2. The molecule has 33 heavy (non-hydrogen) atoms. The predicted molar refractivity (Wildman–Crippen MR) is 124 cm³/mol. The van der Waals surface area contributed by atoms with Crippen molar-refractivity contribution < 1.29 is 22.7 Å². The Morgan fingerprint density at radius 3 is 2.36 bits per heavy atom. The van der Waals surface area contributed by atoms with E-state index in [-0.39, 0.29) is 17.9 Å². The van der Waals surface area contributed by atoms with Crippen LogP contribution in [0.3, 0.4) is 0 Å². The molecule has 0 radical (unpaired) electrons. The summed E-state index contributed by atoms with van der Waals surface area (Å²) >= 11 is 0. The minimum absolute atomic E-state index is 0.0116. The van der Waals surface area contributed by atoms with Gasteiger partial charge < -0.3 is 15.4 Å². The molecule has 3 aromatic rings. The van der Waals surface area contributed by atoms with E-state index in [1.807, 2.05) is 30.3 Å². The van der Waals surface area contributed by atoms with Crippen molar-refractivity contribution in [3.63, 3.8) is 0 Å². The second-order valence-electron chi connectivity index (χ2n) is 7.47. The van der Waals surface area contributed by atoms with Crippen LogP contribution in [0.25, 0.3) is 0 Å². The van der Waals surface area contributed by atoms with Gasteiger partial charge >= 0.3 is 0 Å². The van der Waals surface area contributed by atoms with Crippen molar-refractivity contribution in [2.45, 2.75) is 23.9 Å². The zero-order chi connectivity index (χ0) is 23.4. The summed E-state index contributed by atoms with van der Waals surface area (Å²) in [5.41, 5.74) is 1.56. The standard InChI is InChI=1S/C24H23N3O5S/c1-32-18-11-13-19(14-12-18)33(30,31)27-21-10-6-5-9-20(21)26-24(29)22(27)15-23(28)25-16-17-7-3-2-4-8-17/h2-14,22H,15-16H2,1H3,(H,25,28)(H,26,29). The molecule has 4 rings (SSSR count). The van der Waals surface area contributed by atoms with E-state index in [9.17, 15) is 18.0 Å². The van der Waals surface area contributed by atoms with Gasteiger partial charge in [0.15, 0.2) is 0 Å². The summed E-state index contributed by atoms with van der Waals surface area (Å²) in [6, 6.07) is 20.6. The minimum atomic E-state index is -4.16. The number of rotatable bonds is 7. The SMILES string of the molecule is COc1ccc(S(=O)(=O)N2c3ccccc3NC(=O)C2CC(=O)NCc2ccccc2)cc1. The van der Waals surface area contributed by atoms with Gasteiger partial charge in [-0.3, -0.25) is 13.9 Å². The number of para-hydroxylation sites is 2. The number of amides is 2. The molecule has 2 N–H and O–H groups in total. The summed E-state index contributed by atoms with van der Waals surface area (Å²) in [5.74, 6) is -0.503. The number of nitrogens with one attached hydrogen (secondary N) is 2. The third kappa shape index (κ3) is 4.68.